The number of aryl methyl sites for hydroxylation is 1. The van der Waals surface area contributed by atoms with Crippen molar-refractivity contribution in [3.8, 4) is 17.0 Å². The van der Waals surface area contributed by atoms with Crippen molar-refractivity contribution in [1.82, 2.24) is 29.9 Å². The molecule has 0 amide bonds. The Morgan fingerprint density at radius 2 is 1.87 bits per heavy atom. The zero-order valence-electron chi connectivity index (χ0n) is 18.0. The number of ether oxygens (including phenoxy) is 1. The Kier molecular flexibility index (Phi) is 4.66. The van der Waals surface area contributed by atoms with E-state index in [1.807, 2.05) is 43.7 Å². The van der Waals surface area contributed by atoms with Crippen LogP contribution in [-0.2, 0) is 7.05 Å². The molecule has 0 radical (unpaired) electrons. The molecule has 0 aliphatic heterocycles. The van der Waals surface area contributed by atoms with Crippen molar-refractivity contribution in [3.63, 3.8) is 0 Å². The summed E-state index contributed by atoms with van der Waals surface area (Å²) >= 11 is 0. The first-order chi connectivity index (χ1) is 15.0. The molecule has 5 aromatic rings. The summed E-state index contributed by atoms with van der Waals surface area (Å²) in [5, 5.41) is 12.8. The highest BCUT2D eigenvalue weighted by atomic mass is 16.5. The number of hydrogen-bond donors (Lipinski definition) is 1. The minimum atomic E-state index is -0.191. The molecule has 7 nitrogen and oxygen atoms in total. The Morgan fingerprint density at radius 1 is 1.03 bits per heavy atom. The van der Waals surface area contributed by atoms with E-state index < -0.39 is 0 Å². The Balaban J connectivity index is 1.55. The van der Waals surface area contributed by atoms with E-state index >= 15 is 0 Å². The van der Waals surface area contributed by atoms with E-state index in [4.69, 9.17) is 4.74 Å². The van der Waals surface area contributed by atoms with Gasteiger partial charge in [0.2, 0.25) is 0 Å². The van der Waals surface area contributed by atoms with Crippen molar-refractivity contribution < 1.29 is 4.74 Å². The van der Waals surface area contributed by atoms with Gasteiger partial charge in [-0.25, -0.2) is 0 Å². The lowest BCUT2D eigenvalue weighted by atomic mass is 9.93. The van der Waals surface area contributed by atoms with Crippen LogP contribution in [0.15, 0.2) is 55.1 Å². The Morgan fingerprint density at radius 3 is 2.65 bits per heavy atom. The molecular weight excluding hydrogens is 388 g/mol. The van der Waals surface area contributed by atoms with Gasteiger partial charge >= 0.3 is 0 Å². The average Bonchev–Trinajstić information content (AvgIpc) is 3.38. The highest BCUT2D eigenvalue weighted by Gasteiger charge is 2.20. The van der Waals surface area contributed by atoms with Gasteiger partial charge in [0.05, 0.1) is 22.7 Å². The topological polar surface area (TPSA) is 81.5 Å². The van der Waals surface area contributed by atoms with Gasteiger partial charge in [-0.3, -0.25) is 19.7 Å². The summed E-state index contributed by atoms with van der Waals surface area (Å²) in [7, 11) is 1.90. The predicted molar refractivity (Wildman–Crippen MR) is 121 cm³/mol. The fraction of sp³-hybridized carbons (Fsp3) is 0.250. The first-order valence-electron chi connectivity index (χ1n) is 10.4. The number of fused-ring (bicyclic) bond motifs is 2. The number of benzene rings is 2. The van der Waals surface area contributed by atoms with Crippen molar-refractivity contribution in [3.05, 3.63) is 66.2 Å². The molecule has 0 aliphatic rings. The average molecular weight is 412 g/mol. The molecule has 0 saturated carbocycles. The lowest BCUT2D eigenvalue weighted by Gasteiger charge is -2.21. The number of aromatic amines is 1. The van der Waals surface area contributed by atoms with Crippen molar-refractivity contribution in [2.75, 3.05) is 0 Å². The lowest BCUT2D eigenvalue weighted by Crippen LogP contribution is -2.09. The number of aromatic nitrogens is 6. The molecule has 5 rings (SSSR count). The van der Waals surface area contributed by atoms with Crippen molar-refractivity contribution in [1.29, 1.82) is 0 Å². The molecule has 0 fully saturated rings. The van der Waals surface area contributed by atoms with Gasteiger partial charge in [0, 0.05) is 42.2 Å². The summed E-state index contributed by atoms with van der Waals surface area (Å²) in [6.07, 6.45) is 7.04. The van der Waals surface area contributed by atoms with Crippen molar-refractivity contribution in [2.45, 2.75) is 32.8 Å². The van der Waals surface area contributed by atoms with Crippen LogP contribution in [0.2, 0.25) is 0 Å². The van der Waals surface area contributed by atoms with E-state index in [1.165, 1.54) is 5.56 Å². The maximum Gasteiger partial charge on any atom is 0.123 e. The van der Waals surface area contributed by atoms with Crippen LogP contribution in [-0.4, -0.2) is 29.9 Å². The van der Waals surface area contributed by atoms with Gasteiger partial charge in [-0.15, -0.1) is 0 Å². The fourth-order valence-corrected chi connectivity index (χ4v) is 4.10. The SMILES string of the molecule is CC(C)c1ccc2nccnc2c1C(C)Oc1ccc2[nH]nc(-c3cnn(C)c3)c2c1. The van der Waals surface area contributed by atoms with E-state index in [0.717, 1.165) is 44.5 Å². The molecule has 7 heteroatoms. The first kappa shape index (κ1) is 19.2. The lowest BCUT2D eigenvalue weighted by molar-refractivity contribution is 0.227. The number of nitrogens with one attached hydrogen (secondary N) is 1. The molecule has 0 saturated heterocycles. The maximum atomic E-state index is 6.44. The van der Waals surface area contributed by atoms with E-state index in [2.05, 4.69) is 52.1 Å². The predicted octanol–water partition coefficient (Wildman–Crippen LogP) is 5.17. The van der Waals surface area contributed by atoms with Crippen LogP contribution in [0.25, 0.3) is 33.2 Å². The second-order valence-electron chi connectivity index (χ2n) is 8.09. The third kappa shape index (κ3) is 3.42. The summed E-state index contributed by atoms with van der Waals surface area (Å²) in [5.74, 6) is 1.13. The molecule has 2 aromatic carbocycles. The third-order valence-electron chi connectivity index (χ3n) is 5.57. The molecule has 31 heavy (non-hydrogen) atoms. The second kappa shape index (κ2) is 7.50. The monoisotopic (exact) mass is 412 g/mol. The van der Waals surface area contributed by atoms with E-state index in [1.54, 1.807) is 17.1 Å². The fourth-order valence-electron chi connectivity index (χ4n) is 4.10. The second-order valence-corrected chi connectivity index (χ2v) is 8.09. The summed E-state index contributed by atoms with van der Waals surface area (Å²) in [5.41, 5.74) is 6.85. The Labute approximate surface area is 180 Å². The third-order valence-corrected chi connectivity index (χ3v) is 5.57. The van der Waals surface area contributed by atoms with Gasteiger partial charge in [-0.2, -0.15) is 10.2 Å². The minimum absolute atomic E-state index is 0.191. The first-order valence-corrected chi connectivity index (χ1v) is 10.4. The largest absolute Gasteiger partial charge is 0.486 e. The van der Waals surface area contributed by atoms with Crippen molar-refractivity contribution >= 4 is 21.9 Å². The quantitative estimate of drug-likeness (QED) is 0.431. The van der Waals surface area contributed by atoms with E-state index in [9.17, 15) is 0 Å². The van der Waals surface area contributed by atoms with Crippen LogP contribution >= 0.6 is 0 Å². The summed E-state index contributed by atoms with van der Waals surface area (Å²) in [6, 6.07) is 10.2. The van der Waals surface area contributed by atoms with Crippen LogP contribution in [0, 0.1) is 0 Å². The van der Waals surface area contributed by atoms with Crippen LogP contribution in [0.4, 0.5) is 0 Å². The standard InChI is InChI=1S/C24H24N6O/c1-14(2)18-6-8-21-24(26-10-9-25-21)22(18)15(3)31-17-5-7-20-19(11-17)23(29-28-20)16-12-27-30(4)13-16/h5-15H,1-4H3,(H,28,29). The summed E-state index contributed by atoms with van der Waals surface area (Å²) < 4.78 is 8.21. The van der Waals surface area contributed by atoms with Crippen molar-refractivity contribution in [2.24, 2.45) is 7.05 Å². The summed E-state index contributed by atoms with van der Waals surface area (Å²) in [4.78, 5) is 9.09. The smallest absolute Gasteiger partial charge is 0.123 e. The highest BCUT2D eigenvalue weighted by molar-refractivity contribution is 5.93. The molecule has 156 valence electrons. The van der Waals surface area contributed by atoms with Gasteiger partial charge in [0.25, 0.3) is 0 Å². The van der Waals surface area contributed by atoms with Crippen LogP contribution < -0.4 is 4.74 Å². The zero-order chi connectivity index (χ0) is 21.5. The highest BCUT2D eigenvalue weighted by Crippen LogP contribution is 2.35. The molecule has 1 N–H and O–H groups in total. The molecule has 3 aromatic heterocycles. The van der Waals surface area contributed by atoms with E-state index in [-0.39, 0.29) is 6.10 Å². The molecule has 0 bridgehead atoms. The number of hydrogen-bond acceptors (Lipinski definition) is 5. The molecule has 1 unspecified atom stereocenters. The van der Waals surface area contributed by atoms with Crippen LogP contribution in [0.3, 0.4) is 0 Å². The molecule has 0 aliphatic carbocycles. The van der Waals surface area contributed by atoms with E-state index in [0.29, 0.717) is 5.92 Å². The molecule has 0 spiro atoms. The number of H-pyrrole nitrogens is 1. The van der Waals surface area contributed by atoms with Gasteiger partial charge in [-0.05, 0) is 42.7 Å². The van der Waals surface area contributed by atoms with Gasteiger partial charge in [0.15, 0.2) is 0 Å². The number of rotatable bonds is 5. The van der Waals surface area contributed by atoms with Gasteiger partial charge in [0.1, 0.15) is 17.5 Å². The zero-order valence-corrected chi connectivity index (χ0v) is 18.0. The van der Waals surface area contributed by atoms with Gasteiger partial charge < -0.3 is 4.74 Å². The Bertz CT molecular complexity index is 1380. The number of nitrogens with zero attached hydrogens (tertiary/aromatic N) is 5. The van der Waals surface area contributed by atoms with Crippen LogP contribution in [0.5, 0.6) is 5.75 Å². The summed E-state index contributed by atoms with van der Waals surface area (Å²) in [6.45, 7) is 6.44. The molecular formula is C24H24N6O. The van der Waals surface area contributed by atoms with Gasteiger partial charge in [-0.1, -0.05) is 19.9 Å². The molecule has 3 heterocycles. The normalized spacial score (nSPS) is 12.7. The maximum absolute atomic E-state index is 6.44. The van der Waals surface area contributed by atoms with Crippen LogP contribution in [0.1, 0.15) is 43.9 Å². The minimum Gasteiger partial charge on any atom is -0.486 e. The molecule has 1 atom stereocenters. The Hall–Kier alpha value is -3.74.